The first-order chi connectivity index (χ1) is 9.88. The number of carboxylic acids is 1. The van der Waals surface area contributed by atoms with Gasteiger partial charge in [0, 0.05) is 18.1 Å². The molecule has 2 rings (SSSR count). The monoisotopic (exact) mass is 311 g/mol. The number of hydrogen-bond donors (Lipinski definition) is 1. The zero-order valence-corrected chi connectivity index (χ0v) is 12.8. The number of nitrogens with zero attached hydrogens (tertiary/aromatic N) is 1. The van der Waals surface area contributed by atoms with Crippen molar-refractivity contribution in [3.8, 4) is 0 Å². The first-order valence-corrected chi connectivity index (χ1v) is 7.07. The highest BCUT2D eigenvalue weighted by Gasteiger charge is 2.52. The number of rotatable bonds is 5. The molecule has 1 aromatic rings. The molecule has 21 heavy (non-hydrogen) atoms. The molecule has 1 amide bonds. The molecule has 1 N–H and O–H groups in total. The third-order valence-electron chi connectivity index (χ3n) is 3.84. The first-order valence-electron chi connectivity index (χ1n) is 6.70. The molecule has 1 atom stereocenters. The standard InChI is InChI=1S/C15H18ClNO4/c1-10(6-11-4-3-5-12(16)7-11)13(18)17-8-15(9-17,21-2)14(19)20/h3-5,7,10H,6,8-9H2,1-2H3,(H,19,20). The van der Waals surface area contributed by atoms with Gasteiger partial charge < -0.3 is 14.7 Å². The van der Waals surface area contributed by atoms with E-state index in [9.17, 15) is 9.59 Å². The summed E-state index contributed by atoms with van der Waals surface area (Å²) in [5.74, 6) is -1.33. The van der Waals surface area contributed by atoms with Crippen LogP contribution >= 0.6 is 11.6 Å². The van der Waals surface area contributed by atoms with Gasteiger partial charge in [0.2, 0.25) is 5.91 Å². The van der Waals surface area contributed by atoms with Crippen molar-refractivity contribution >= 4 is 23.5 Å². The van der Waals surface area contributed by atoms with E-state index in [1.807, 2.05) is 25.1 Å². The molecule has 1 saturated heterocycles. The van der Waals surface area contributed by atoms with Crippen LogP contribution < -0.4 is 0 Å². The molecule has 6 heteroatoms. The summed E-state index contributed by atoms with van der Waals surface area (Å²) < 4.78 is 5.02. The van der Waals surface area contributed by atoms with Gasteiger partial charge in [0.15, 0.2) is 5.60 Å². The maximum atomic E-state index is 12.3. The van der Waals surface area contributed by atoms with Gasteiger partial charge in [-0.3, -0.25) is 4.79 Å². The summed E-state index contributed by atoms with van der Waals surface area (Å²) in [6, 6.07) is 7.38. The summed E-state index contributed by atoms with van der Waals surface area (Å²) in [4.78, 5) is 24.9. The molecular formula is C15H18ClNO4. The normalized spacial score (nSPS) is 18.0. The maximum absolute atomic E-state index is 12.3. The number of hydrogen-bond acceptors (Lipinski definition) is 3. The van der Waals surface area contributed by atoms with E-state index in [-0.39, 0.29) is 24.9 Å². The number of likely N-dealkylation sites (tertiary alicyclic amines) is 1. The Hall–Kier alpha value is -1.59. The third-order valence-corrected chi connectivity index (χ3v) is 4.07. The number of halogens is 1. The van der Waals surface area contributed by atoms with Crippen LogP contribution in [0.5, 0.6) is 0 Å². The van der Waals surface area contributed by atoms with Gasteiger partial charge in [-0.05, 0) is 24.1 Å². The van der Waals surface area contributed by atoms with E-state index in [4.69, 9.17) is 21.4 Å². The van der Waals surface area contributed by atoms with Crippen LogP contribution in [0.15, 0.2) is 24.3 Å². The number of carboxylic acid groups (broad SMARTS) is 1. The number of amides is 1. The van der Waals surface area contributed by atoms with Crippen LogP contribution in [0.2, 0.25) is 5.02 Å². The van der Waals surface area contributed by atoms with Crippen molar-refractivity contribution < 1.29 is 19.4 Å². The van der Waals surface area contributed by atoms with E-state index in [2.05, 4.69) is 0 Å². The third kappa shape index (κ3) is 3.19. The topological polar surface area (TPSA) is 66.8 Å². The minimum Gasteiger partial charge on any atom is -0.479 e. The largest absolute Gasteiger partial charge is 0.479 e. The number of methoxy groups -OCH3 is 1. The highest BCUT2D eigenvalue weighted by molar-refractivity contribution is 6.30. The summed E-state index contributed by atoms with van der Waals surface area (Å²) >= 11 is 5.92. The summed E-state index contributed by atoms with van der Waals surface area (Å²) in [5, 5.41) is 9.75. The fourth-order valence-corrected chi connectivity index (χ4v) is 2.71. The molecule has 1 aliphatic heterocycles. The maximum Gasteiger partial charge on any atom is 0.339 e. The van der Waals surface area contributed by atoms with Crippen molar-refractivity contribution in [3.63, 3.8) is 0 Å². The van der Waals surface area contributed by atoms with Gasteiger partial charge >= 0.3 is 5.97 Å². The van der Waals surface area contributed by atoms with Crippen LogP contribution in [-0.4, -0.2) is 47.7 Å². The van der Waals surface area contributed by atoms with E-state index in [1.54, 1.807) is 6.07 Å². The lowest BCUT2D eigenvalue weighted by atomic mass is 9.91. The average Bonchev–Trinajstić information content (AvgIpc) is 2.37. The molecule has 5 nitrogen and oxygen atoms in total. The van der Waals surface area contributed by atoms with Crippen molar-refractivity contribution in [2.24, 2.45) is 5.92 Å². The van der Waals surface area contributed by atoms with Crippen LogP contribution in [0.3, 0.4) is 0 Å². The number of ether oxygens (including phenoxy) is 1. The molecule has 1 aromatic carbocycles. The van der Waals surface area contributed by atoms with Crippen molar-refractivity contribution in [2.75, 3.05) is 20.2 Å². The van der Waals surface area contributed by atoms with Gasteiger partial charge in [-0.25, -0.2) is 4.79 Å². The second-order valence-electron chi connectivity index (χ2n) is 5.43. The van der Waals surface area contributed by atoms with E-state index in [0.717, 1.165) is 5.56 Å². The van der Waals surface area contributed by atoms with Crippen molar-refractivity contribution in [2.45, 2.75) is 18.9 Å². The van der Waals surface area contributed by atoms with Crippen LogP contribution in [0.1, 0.15) is 12.5 Å². The molecule has 0 bridgehead atoms. The van der Waals surface area contributed by atoms with Gasteiger partial charge in [-0.15, -0.1) is 0 Å². The number of aliphatic carboxylic acids is 1. The molecule has 1 unspecified atom stereocenters. The van der Waals surface area contributed by atoms with Crippen LogP contribution in [0.25, 0.3) is 0 Å². The second-order valence-corrected chi connectivity index (χ2v) is 5.87. The molecular weight excluding hydrogens is 294 g/mol. The minimum atomic E-state index is -1.24. The number of carbonyl (C=O) groups is 2. The lowest BCUT2D eigenvalue weighted by Crippen LogP contribution is -2.69. The van der Waals surface area contributed by atoms with E-state index in [0.29, 0.717) is 11.4 Å². The summed E-state index contributed by atoms with van der Waals surface area (Å²) in [5.41, 5.74) is -0.258. The predicted molar refractivity (Wildman–Crippen MR) is 78.3 cm³/mol. The Labute approximate surface area is 128 Å². The number of carbonyl (C=O) groups excluding carboxylic acids is 1. The quantitative estimate of drug-likeness (QED) is 0.901. The van der Waals surface area contributed by atoms with Gasteiger partial charge in [0.05, 0.1) is 13.1 Å². The van der Waals surface area contributed by atoms with Crippen LogP contribution in [0, 0.1) is 5.92 Å². The summed E-state index contributed by atoms with van der Waals surface area (Å²) in [7, 11) is 1.35. The van der Waals surface area contributed by atoms with Crippen molar-refractivity contribution in [3.05, 3.63) is 34.9 Å². The Morgan fingerprint density at radius 1 is 1.48 bits per heavy atom. The molecule has 0 spiro atoms. The Kier molecular flexibility index (Phi) is 4.54. The fraction of sp³-hybridized carbons (Fsp3) is 0.467. The van der Waals surface area contributed by atoms with E-state index >= 15 is 0 Å². The van der Waals surface area contributed by atoms with Crippen LogP contribution in [0.4, 0.5) is 0 Å². The van der Waals surface area contributed by atoms with Crippen molar-refractivity contribution in [1.29, 1.82) is 0 Å². The molecule has 0 aliphatic carbocycles. The number of benzene rings is 1. The minimum absolute atomic E-state index is 0.0658. The Balaban J connectivity index is 1.94. The van der Waals surface area contributed by atoms with Crippen molar-refractivity contribution in [1.82, 2.24) is 4.90 Å². The SMILES string of the molecule is COC1(C(=O)O)CN(C(=O)C(C)Cc2cccc(Cl)c2)C1. The van der Waals surface area contributed by atoms with E-state index < -0.39 is 11.6 Å². The first kappa shape index (κ1) is 15.8. The zero-order valence-electron chi connectivity index (χ0n) is 12.0. The summed E-state index contributed by atoms with van der Waals surface area (Å²) in [6.07, 6.45) is 0.572. The average molecular weight is 312 g/mol. The second kappa shape index (κ2) is 6.03. The molecule has 0 aromatic heterocycles. The molecule has 0 radical (unpaired) electrons. The molecule has 1 fully saturated rings. The highest BCUT2D eigenvalue weighted by atomic mass is 35.5. The van der Waals surface area contributed by atoms with Gasteiger partial charge in [0.1, 0.15) is 0 Å². The Morgan fingerprint density at radius 2 is 2.14 bits per heavy atom. The molecule has 1 aliphatic rings. The van der Waals surface area contributed by atoms with Gasteiger partial charge in [-0.1, -0.05) is 30.7 Å². The lowest BCUT2D eigenvalue weighted by molar-refractivity contribution is -0.189. The van der Waals surface area contributed by atoms with E-state index in [1.165, 1.54) is 12.0 Å². The van der Waals surface area contributed by atoms with Crippen LogP contribution in [-0.2, 0) is 20.7 Å². The molecule has 114 valence electrons. The Bertz CT molecular complexity index is 554. The lowest BCUT2D eigenvalue weighted by Gasteiger charge is -2.46. The zero-order chi connectivity index (χ0) is 15.6. The van der Waals surface area contributed by atoms with Gasteiger partial charge in [-0.2, -0.15) is 0 Å². The van der Waals surface area contributed by atoms with Gasteiger partial charge in [0.25, 0.3) is 0 Å². The molecule has 0 saturated carbocycles. The Morgan fingerprint density at radius 3 is 2.67 bits per heavy atom. The smallest absolute Gasteiger partial charge is 0.339 e. The fourth-order valence-electron chi connectivity index (χ4n) is 2.49. The highest BCUT2D eigenvalue weighted by Crippen LogP contribution is 2.27. The predicted octanol–water partition coefficient (Wildman–Crippen LogP) is 1.83. The summed E-state index contributed by atoms with van der Waals surface area (Å²) in [6.45, 7) is 2.02. The molecule has 1 heterocycles.